The molecule has 1 aromatic rings. The average Bonchev–Trinajstić information content (AvgIpc) is 2.91. The van der Waals surface area contributed by atoms with Gasteiger partial charge in [0.1, 0.15) is 18.5 Å². The van der Waals surface area contributed by atoms with Crippen molar-refractivity contribution in [3.8, 4) is 11.8 Å². The maximum absolute atomic E-state index is 9.85. The molecule has 2 rings (SSSR count). The Hall–Kier alpha value is -1.61. The SMILES string of the molecule is N#Cc1ccc(OCC(O)CNCC2CCC(O)C2)cc1. The molecule has 1 aromatic carbocycles. The third kappa shape index (κ3) is 5.35. The molecule has 1 fully saturated rings. The van der Waals surface area contributed by atoms with E-state index in [9.17, 15) is 10.2 Å². The van der Waals surface area contributed by atoms with Crippen LogP contribution in [0.5, 0.6) is 5.75 Å². The lowest BCUT2D eigenvalue weighted by Gasteiger charge is -2.15. The first-order valence-electron chi connectivity index (χ1n) is 7.37. The standard InChI is InChI=1S/C16H22N2O3/c17-8-12-2-5-16(6-3-12)21-11-15(20)10-18-9-13-1-4-14(19)7-13/h2-3,5-6,13-15,18-20H,1,4,7,9-11H2. The van der Waals surface area contributed by atoms with Crippen LogP contribution in [0, 0.1) is 17.2 Å². The highest BCUT2D eigenvalue weighted by atomic mass is 16.5. The van der Waals surface area contributed by atoms with Crippen LogP contribution in [0.2, 0.25) is 0 Å². The lowest BCUT2D eigenvalue weighted by Crippen LogP contribution is -2.34. The molecule has 0 radical (unpaired) electrons. The fourth-order valence-corrected chi connectivity index (χ4v) is 2.57. The van der Waals surface area contributed by atoms with Crippen molar-refractivity contribution < 1.29 is 14.9 Å². The van der Waals surface area contributed by atoms with Crippen LogP contribution in [-0.4, -0.2) is 42.1 Å². The molecule has 3 unspecified atom stereocenters. The molecule has 1 saturated carbocycles. The minimum Gasteiger partial charge on any atom is -0.491 e. The summed E-state index contributed by atoms with van der Waals surface area (Å²) < 4.78 is 5.47. The quantitative estimate of drug-likeness (QED) is 0.699. The van der Waals surface area contributed by atoms with Crippen molar-refractivity contribution in [3.05, 3.63) is 29.8 Å². The molecule has 0 heterocycles. The minimum absolute atomic E-state index is 0.151. The van der Waals surface area contributed by atoms with Crippen LogP contribution in [0.25, 0.3) is 0 Å². The van der Waals surface area contributed by atoms with Gasteiger partial charge in [-0.15, -0.1) is 0 Å². The third-order valence-corrected chi connectivity index (χ3v) is 3.75. The van der Waals surface area contributed by atoms with E-state index in [1.807, 2.05) is 6.07 Å². The number of nitrogens with zero attached hydrogens (tertiary/aromatic N) is 1. The lowest BCUT2D eigenvalue weighted by molar-refractivity contribution is 0.105. The summed E-state index contributed by atoms with van der Waals surface area (Å²) >= 11 is 0. The van der Waals surface area contributed by atoms with Crippen molar-refractivity contribution in [2.24, 2.45) is 5.92 Å². The van der Waals surface area contributed by atoms with Gasteiger partial charge in [-0.2, -0.15) is 5.26 Å². The Morgan fingerprint density at radius 2 is 2.10 bits per heavy atom. The molecule has 0 spiro atoms. The van der Waals surface area contributed by atoms with Crippen LogP contribution in [0.15, 0.2) is 24.3 Å². The van der Waals surface area contributed by atoms with Crippen molar-refractivity contribution in [1.29, 1.82) is 5.26 Å². The molecule has 5 nitrogen and oxygen atoms in total. The van der Waals surface area contributed by atoms with E-state index in [-0.39, 0.29) is 12.7 Å². The summed E-state index contributed by atoms with van der Waals surface area (Å²) in [7, 11) is 0. The van der Waals surface area contributed by atoms with Gasteiger partial charge in [0.25, 0.3) is 0 Å². The van der Waals surface area contributed by atoms with E-state index < -0.39 is 6.10 Å². The number of aliphatic hydroxyl groups excluding tert-OH is 2. The topological polar surface area (TPSA) is 85.5 Å². The number of ether oxygens (including phenoxy) is 1. The zero-order chi connectivity index (χ0) is 15.1. The highest BCUT2D eigenvalue weighted by Crippen LogP contribution is 2.24. The number of hydrogen-bond acceptors (Lipinski definition) is 5. The van der Waals surface area contributed by atoms with Crippen LogP contribution in [0.3, 0.4) is 0 Å². The molecule has 0 saturated heterocycles. The highest BCUT2D eigenvalue weighted by Gasteiger charge is 2.22. The Morgan fingerprint density at radius 3 is 2.71 bits per heavy atom. The fraction of sp³-hybridized carbons (Fsp3) is 0.562. The Kier molecular flexibility index (Phi) is 6.00. The largest absolute Gasteiger partial charge is 0.491 e. The number of aliphatic hydroxyl groups is 2. The number of rotatable bonds is 7. The number of hydrogen-bond donors (Lipinski definition) is 3. The molecule has 0 aliphatic heterocycles. The summed E-state index contributed by atoms with van der Waals surface area (Å²) in [5, 5.41) is 31.2. The van der Waals surface area contributed by atoms with E-state index in [0.29, 0.717) is 23.8 Å². The van der Waals surface area contributed by atoms with E-state index in [2.05, 4.69) is 5.32 Å². The molecule has 1 aliphatic rings. The molecular formula is C16H22N2O3. The predicted molar refractivity (Wildman–Crippen MR) is 78.9 cm³/mol. The van der Waals surface area contributed by atoms with E-state index in [0.717, 1.165) is 25.8 Å². The lowest BCUT2D eigenvalue weighted by atomic mass is 10.1. The smallest absolute Gasteiger partial charge is 0.119 e. The molecule has 114 valence electrons. The van der Waals surface area contributed by atoms with Crippen LogP contribution in [0.1, 0.15) is 24.8 Å². The maximum atomic E-state index is 9.85. The van der Waals surface area contributed by atoms with Gasteiger partial charge in [0.2, 0.25) is 0 Å². The van der Waals surface area contributed by atoms with Gasteiger partial charge in [-0.1, -0.05) is 0 Å². The molecule has 3 atom stereocenters. The Labute approximate surface area is 125 Å². The second-order valence-electron chi connectivity index (χ2n) is 5.59. The maximum Gasteiger partial charge on any atom is 0.119 e. The Bertz CT molecular complexity index is 469. The second-order valence-corrected chi connectivity index (χ2v) is 5.59. The third-order valence-electron chi connectivity index (χ3n) is 3.75. The summed E-state index contributed by atoms with van der Waals surface area (Å²) in [5.41, 5.74) is 0.586. The summed E-state index contributed by atoms with van der Waals surface area (Å²) in [4.78, 5) is 0. The van der Waals surface area contributed by atoms with Crippen LogP contribution < -0.4 is 10.1 Å². The summed E-state index contributed by atoms with van der Waals surface area (Å²) in [5.74, 6) is 1.15. The number of benzene rings is 1. The molecule has 1 aliphatic carbocycles. The van der Waals surface area contributed by atoms with Crippen molar-refractivity contribution in [2.45, 2.75) is 31.5 Å². The second kappa shape index (κ2) is 7.99. The van der Waals surface area contributed by atoms with Crippen molar-refractivity contribution in [2.75, 3.05) is 19.7 Å². The van der Waals surface area contributed by atoms with Gasteiger partial charge < -0.3 is 20.3 Å². The molecule has 0 bridgehead atoms. The molecule has 3 N–H and O–H groups in total. The average molecular weight is 290 g/mol. The zero-order valence-electron chi connectivity index (χ0n) is 12.0. The van der Waals surface area contributed by atoms with Gasteiger partial charge in [0.05, 0.1) is 17.7 Å². The molecule has 5 heteroatoms. The molecule has 21 heavy (non-hydrogen) atoms. The normalized spacial score (nSPS) is 22.7. The fourth-order valence-electron chi connectivity index (χ4n) is 2.57. The number of nitriles is 1. The van der Waals surface area contributed by atoms with Gasteiger partial charge in [-0.3, -0.25) is 0 Å². The van der Waals surface area contributed by atoms with Gasteiger partial charge in [0, 0.05) is 6.54 Å². The van der Waals surface area contributed by atoms with Gasteiger partial charge in [0.15, 0.2) is 0 Å². The van der Waals surface area contributed by atoms with Gasteiger partial charge in [-0.25, -0.2) is 0 Å². The van der Waals surface area contributed by atoms with Crippen molar-refractivity contribution >= 4 is 0 Å². The Balaban J connectivity index is 1.60. The first-order chi connectivity index (χ1) is 10.2. The predicted octanol–water partition coefficient (Wildman–Crippen LogP) is 1.05. The van der Waals surface area contributed by atoms with Crippen molar-refractivity contribution in [1.82, 2.24) is 5.32 Å². The van der Waals surface area contributed by atoms with E-state index >= 15 is 0 Å². The van der Waals surface area contributed by atoms with E-state index in [4.69, 9.17) is 10.00 Å². The van der Waals surface area contributed by atoms with Crippen molar-refractivity contribution in [3.63, 3.8) is 0 Å². The van der Waals surface area contributed by atoms with Crippen LogP contribution >= 0.6 is 0 Å². The Morgan fingerprint density at radius 1 is 1.33 bits per heavy atom. The minimum atomic E-state index is -0.577. The monoisotopic (exact) mass is 290 g/mol. The molecule has 0 aromatic heterocycles. The first-order valence-corrected chi connectivity index (χ1v) is 7.37. The summed E-state index contributed by atoms with van der Waals surface area (Å²) in [6, 6.07) is 8.86. The first kappa shape index (κ1) is 15.8. The molecule has 0 amide bonds. The van der Waals surface area contributed by atoms with Gasteiger partial charge in [-0.05, 0) is 56.0 Å². The van der Waals surface area contributed by atoms with Crippen LogP contribution in [0.4, 0.5) is 0 Å². The van der Waals surface area contributed by atoms with Gasteiger partial charge >= 0.3 is 0 Å². The van der Waals surface area contributed by atoms with Crippen LogP contribution in [-0.2, 0) is 0 Å². The van der Waals surface area contributed by atoms with E-state index in [1.165, 1.54) is 0 Å². The molecular weight excluding hydrogens is 268 g/mol. The highest BCUT2D eigenvalue weighted by molar-refractivity contribution is 5.34. The zero-order valence-corrected chi connectivity index (χ0v) is 12.0. The summed E-state index contributed by atoms with van der Waals surface area (Å²) in [6.07, 6.45) is 2.06. The van der Waals surface area contributed by atoms with E-state index in [1.54, 1.807) is 24.3 Å². The number of nitrogens with one attached hydrogen (secondary N) is 1. The summed E-state index contributed by atoms with van der Waals surface area (Å²) in [6.45, 7) is 1.51.